The summed E-state index contributed by atoms with van der Waals surface area (Å²) >= 11 is 0. The molecule has 0 aliphatic rings. The summed E-state index contributed by atoms with van der Waals surface area (Å²) in [5.41, 5.74) is 0.312. The zero-order valence-corrected chi connectivity index (χ0v) is 9.14. The van der Waals surface area contributed by atoms with Gasteiger partial charge in [-0.25, -0.2) is 0 Å². The van der Waals surface area contributed by atoms with E-state index in [1.807, 2.05) is 20.8 Å². The van der Waals surface area contributed by atoms with E-state index in [0.717, 1.165) is 18.4 Å². The van der Waals surface area contributed by atoms with Crippen LogP contribution in [0.3, 0.4) is 0 Å². The van der Waals surface area contributed by atoms with Gasteiger partial charge < -0.3 is 4.74 Å². The van der Waals surface area contributed by atoms with Crippen LogP contribution in [0, 0.1) is 0 Å². The molecule has 0 atom stereocenters. The molecule has 0 aromatic rings. The topological polar surface area (TPSA) is 26.3 Å². The maximum absolute atomic E-state index is 11.8. The first kappa shape index (κ1) is 12.4. The molecule has 76 valence electrons. The van der Waals surface area contributed by atoms with Crippen LogP contribution in [-0.4, -0.2) is 18.5 Å². The first-order chi connectivity index (χ1) is 6.02. The number of rotatable bonds is 6. The molecule has 2 heteroatoms. The molecule has 0 spiro atoms. The zero-order chi connectivity index (χ0) is 10.5. The van der Waals surface area contributed by atoms with Crippen molar-refractivity contribution in [1.29, 1.82) is 0 Å². The van der Waals surface area contributed by atoms with Gasteiger partial charge in [-0.15, -0.1) is 0 Å². The van der Waals surface area contributed by atoms with Crippen molar-refractivity contribution in [3.05, 3.63) is 12.2 Å². The molecule has 0 aromatic heterocycles. The number of hydrogen-bond acceptors (Lipinski definition) is 2. The first-order valence-corrected chi connectivity index (χ1v) is 4.75. The summed E-state index contributed by atoms with van der Waals surface area (Å²) in [7, 11) is 1.60. The van der Waals surface area contributed by atoms with Gasteiger partial charge >= 0.3 is 0 Å². The highest BCUT2D eigenvalue weighted by molar-refractivity contribution is 5.88. The number of methoxy groups -OCH3 is 1. The molecule has 0 saturated carbocycles. The average molecular weight is 184 g/mol. The molecule has 0 saturated heterocycles. The first-order valence-electron chi connectivity index (χ1n) is 4.75. The van der Waals surface area contributed by atoms with Gasteiger partial charge in [-0.05, 0) is 19.8 Å². The second-order valence-electron chi connectivity index (χ2n) is 3.46. The van der Waals surface area contributed by atoms with Crippen LogP contribution >= 0.6 is 0 Å². The Morgan fingerprint density at radius 1 is 1.38 bits per heavy atom. The fraction of sp³-hybridized carbons (Fsp3) is 0.727. The fourth-order valence-electron chi connectivity index (χ4n) is 1.48. The molecule has 0 unspecified atom stereocenters. The number of carbonyl (C=O) groups is 1. The van der Waals surface area contributed by atoms with E-state index in [1.165, 1.54) is 0 Å². The minimum Gasteiger partial charge on any atom is -0.370 e. The van der Waals surface area contributed by atoms with Crippen LogP contribution < -0.4 is 0 Å². The van der Waals surface area contributed by atoms with Gasteiger partial charge in [0.2, 0.25) is 0 Å². The highest BCUT2D eigenvalue weighted by Gasteiger charge is 2.33. The van der Waals surface area contributed by atoms with Crippen molar-refractivity contribution >= 4 is 5.78 Å². The number of Topliss-reactive ketones (excluding diaryl/α,β-unsaturated/α-hetero) is 1. The van der Waals surface area contributed by atoms with Gasteiger partial charge in [0, 0.05) is 13.5 Å². The molecule has 0 radical (unpaired) electrons. The van der Waals surface area contributed by atoms with Crippen molar-refractivity contribution in [2.75, 3.05) is 7.11 Å². The van der Waals surface area contributed by atoms with E-state index in [4.69, 9.17) is 4.74 Å². The Morgan fingerprint density at radius 3 is 2.08 bits per heavy atom. The molecule has 0 fully saturated rings. The summed E-state index contributed by atoms with van der Waals surface area (Å²) < 4.78 is 5.31. The second kappa shape index (κ2) is 5.18. The fourth-order valence-corrected chi connectivity index (χ4v) is 1.48. The highest BCUT2D eigenvalue weighted by Crippen LogP contribution is 2.23. The van der Waals surface area contributed by atoms with E-state index in [-0.39, 0.29) is 5.78 Å². The van der Waals surface area contributed by atoms with E-state index in [9.17, 15) is 4.79 Å². The van der Waals surface area contributed by atoms with Gasteiger partial charge in [0.1, 0.15) is 5.60 Å². The summed E-state index contributed by atoms with van der Waals surface area (Å²) in [6.45, 7) is 9.55. The summed E-state index contributed by atoms with van der Waals surface area (Å²) in [6.07, 6.45) is 1.88. The second-order valence-corrected chi connectivity index (χ2v) is 3.46. The van der Waals surface area contributed by atoms with Crippen molar-refractivity contribution in [3.8, 4) is 0 Å². The molecule has 0 bridgehead atoms. The quantitative estimate of drug-likeness (QED) is 0.593. The normalized spacial score (nSPS) is 11.4. The third kappa shape index (κ3) is 2.96. The van der Waals surface area contributed by atoms with Crippen LogP contribution in [0.15, 0.2) is 12.2 Å². The molecule has 2 nitrogen and oxygen atoms in total. The van der Waals surface area contributed by atoms with Crippen LogP contribution in [0.1, 0.15) is 40.0 Å². The standard InChI is InChI=1S/C11H20O2/c1-6-11(7-2,13-5)10(12)8-9(3)4/h3,6-8H2,1-2,4-5H3. The molecular weight excluding hydrogens is 164 g/mol. The lowest BCUT2D eigenvalue weighted by molar-refractivity contribution is -0.141. The molecular formula is C11H20O2. The van der Waals surface area contributed by atoms with Crippen molar-refractivity contribution in [1.82, 2.24) is 0 Å². The van der Waals surface area contributed by atoms with Crippen molar-refractivity contribution in [2.24, 2.45) is 0 Å². The van der Waals surface area contributed by atoms with Gasteiger partial charge in [0.25, 0.3) is 0 Å². The van der Waals surface area contributed by atoms with Gasteiger partial charge in [-0.3, -0.25) is 4.79 Å². The monoisotopic (exact) mass is 184 g/mol. The largest absolute Gasteiger partial charge is 0.370 e. The maximum atomic E-state index is 11.8. The predicted octanol–water partition coefficient (Wildman–Crippen LogP) is 2.73. The number of ketones is 1. The van der Waals surface area contributed by atoms with Crippen LogP contribution in [0.25, 0.3) is 0 Å². The zero-order valence-electron chi connectivity index (χ0n) is 9.14. The molecule has 0 aliphatic heterocycles. The summed E-state index contributed by atoms with van der Waals surface area (Å²) in [4.78, 5) is 11.8. The SMILES string of the molecule is C=C(C)CC(=O)C(CC)(CC)OC. The lowest BCUT2D eigenvalue weighted by Crippen LogP contribution is -2.39. The van der Waals surface area contributed by atoms with Gasteiger partial charge in [-0.1, -0.05) is 26.0 Å². The van der Waals surface area contributed by atoms with Crippen LogP contribution in [0.2, 0.25) is 0 Å². The summed E-state index contributed by atoms with van der Waals surface area (Å²) in [5.74, 6) is 0.146. The highest BCUT2D eigenvalue weighted by atomic mass is 16.5. The van der Waals surface area contributed by atoms with Crippen LogP contribution in [0.4, 0.5) is 0 Å². The lowest BCUT2D eigenvalue weighted by atomic mass is 9.88. The van der Waals surface area contributed by atoms with E-state index in [1.54, 1.807) is 7.11 Å². The van der Waals surface area contributed by atoms with E-state index < -0.39 is 5.60 Å². The number of allylic oxidation sites excluding steroid dienone is 1. The van der Waals surface area contributed by atoms with Crippen molar-refractivity contribution in [2.45, 2.75) is 45.6 Å². The Kier molecular flexibility index (Phi) is 4.92. The number of ether oxygens (including phenoxy) is 1. The molecule has 0 rings (SSSR count). The Morgan fingerprint density at radius 2 is 1.85 bits per heavy atom. The molecule has 0 N–H and O–H groups in total. The molecule has 13 heavy (non-hydrogen) atoms. The maximum Gasteiger partial charge on any atom is 0.168 e. The Labute approximate surface area is 81.0 Å². The third-order valence-electron chi connectivity index (χ3n) is 2.50. The van der Waals surface area contributed by atoms with Crippen molar-refractivity contribution < 1.29 is 9.53 Å². The average Bonchev–Trinajstić information content (AvgIpc) is 2.07. The lowest BCUT2D eigenvalue weighted by Gasteiger charge is -2.28. The van der Waals surface area contributed by atoms with E-state index >= 15 is 0 Å². The molecule has 0 amide bonds. The Balaban J connectivity index is 4.53. The molecule has 0 aromatic carbocycles. The minimum atomic E-state index is -0.584. The molecule has 0 aliphatic carbocycles. The van der Waals surface area contributed by atoms with Gasteiger partial charge in [0.05, 0.1) is 0 Å². The summed E-state index contributed by atoms with van der Waals surface area (Å²) in [5, 5.41) is 0. The smallest absolute Gasteiger partial charge is 0.168 e. The van der Waals surface area contributed by atoms with Crippen LogP contribution in [0.5, 0.6) is 0 Å². The van der Waals surface area contributed by atoms with Crippen molar-refractivity contribution in [3.63, 3.8) is 0 Å². The Hall–Kier alpha value is -0.630. The molecule has 0 heterocycles. The number of hydrogen-bond donors (Lipinski definition) is 0. The van der Waals surface area contributed by atoms with E-state index in [2.05, 4.69) is 6.58 Å². The minimum absolute atomic E-state index is 0.146. The van der Waals surface area contributed by atoms with Crippen LogP contribution in [-0.2, 0) is 9.53 Å². The third-order valence-corrected chi connectivity index (χ3v) is 2.50. The predicted molar refractivity (Wildman–Crippen MR) is 54.8 cm³/mol. The Bertz CT molecular complexity index is 182. The summed E-state index contributed by atoms with van der Waals surface area (Å²) in [6, 6.07) is 0. The van der Waals surface area contributed by atoms with Gasteiger partial charge in [0.15, 0.2) is 5.78 Å². The number of carbonyl (C=O) groups excluding carboxylic acids is 1. The van der Waals surface area contributed by atoms with E-state index in [0.29, 0.717) is 6.42 Å². The van der Waals surface area contributed by atoms with Gasteiger partial charge in [-0.2, -0.15) is 0 Å².